The lowest BCUT2D eigenvalue weighted by Crippen LogP contribution is -2.25. The van der Waals surface area contributed by atoms with Gasteiger partial charge in [-0.05, 0) is 24.6 Å². The molecular formula is C21H20N4O2S. The fourth-order valence-corrected chi connectivity index (χ4v) is 3.34. The maximum absolute atomic E-state index is 12.8. The summed E-state index contributed by atoms with van der Waals surface area (Å²) in [5.74, 6) is -0.186. The van der Waals surface area contributed by atoms with Crippen molar-refractivity contribution in [1.82, 2.24) is 15.0 Å². The minimum Gasteiger partial charge on any atom is -0.283 e. The second kappa shape index (κ2) is 9.14. The Bertz CT molecular complexity index is 1090. The van der Waals surface area contributed by atoms with Gasteiger partial charge in [-0.15, -0.1) is 0 Å². The molecule has 6 nitrogen and oxygen atoms in total. The lowest BCUT2D eigenvalue weighted by molar-refractivity contribution is -0.118. The number of hydrazone groups is 1. The summed E-state index contributed by atoms with van der Waals surface area (Å²) in [6.07, 6.45) is 1.58. The Morgan fingerprint density at radius 2 is 1.93 bits per heavy atom. The van der Waals surface area contributed by atoms with Crippen LogP contribution < -0.4 is 11.0 Å². The van der Waals surface area contributed by atoms with Crippen molar-refractivity contribution in [1.29, 1.82) is 0 Å². The summed E-state index contributed by atoms with van der Waals surface area (Å²) < 4.78 is 1.55. The third kappa shape index (κ3) is 4.95. The van der Waals surface area contributed by atoms with Crippen LogP contribution in [0.5, 0.6) is 0 Å². The van der Waals surface area contributed by atoms with Gasteiger partial charge in [-0.25, -0.2) is 10.4 Å². The number of rotatable bonds is 7. The normalized spacial score (nSPS) is 11.0. The molecule has 3 rings (SSSR count). The molecule has 0 aliphatic heterocycles. The van der Waals surface area contributed by atoms with E-state index < -0.39 is 0 Å². The van der Waals surface area contributed by atoms with Gasteiger partial charge in [0.2, 0.25) is 0 Å². The summed E-state index contributed by atoms with van der Waals surface area (Å²) in [6.45, 7) is 6.08. The van der Waals surface area contributed by atoms with E-state index in [1.807, 2.05) is 49.4 Å². The average Bonchev–Trinajstić information content (AvgIpc) is 2.69. The van der Waals surface area contributed by atoms with Crippen LogP contribution in [0.3, 0.4) is 0 Å². The van der Waals surface area contributed by atoms with Crippen molar-refractivity contribution in [2.45, 2.75) is 18.6 Å². The van der Waals surface area contributed by atoms with Crippen molar-refractivity contribution >= 4 is 34.8 Å². The molecule has 0 aliphatic rings. The van der Waals surface area contributed by atoms with Gasteiger partial charge in [0.25, 0.3) is 11.5 Å². The highest BCUT2D eigenvalue weighted by Gasteiger charge is 2.13. The van der Waals surface area contributed by atoms with E-state index in [1.165, 1.54) is 11.8 Å². The molecule has 3 aromatic rings. The molecule has 0 spiro atoms. The van der Waals surface area contributed by atoms with E-state index in [2.05, 4.69) is 22.1 Å². The predicted molar refractivity (Wildman–Crippen MR) is 114 cm³/mol. The zero-order chi connectivity index (χ0) is 19.9. The maximum atomic E-state index is 12.8. The Morgan fingerprint density at radius 1 is 1.21 bits per heavy atom. The summed E-state index contributed by atoms with van der Waals surface area (Å²) in [6, 6.07) is 16.7. The van der Waals surface area contributed by atoms with E-state index in [1.54, 1.807) is 22.9 Å². The van der Waals surface area contributed by atoms with Crippen LogP contribution in [0.4, 0.5) is 0 Å². The first-order chi connectivity index (χ1) is 13.5. The maximum Gasteiger partial charge on any atom is 0.262 e. The van der Waals surface area contributed by atoms with Gasteiger partial charge in [-0.1, -0.05) is 66.4 Å². The van der Waals surface area contributed by atoms with Crippen LogP contribution in [-0.2, 0) is 11.3 Å². The Morgan fingerprint density at radius 3 is 2.68 bits per heavy atom. The fourth-order valence-electron chi connectivity index (χ4n) is 2.55. The Balaban J connectivity index is 1.74. The Kier molecular flexibility index (Phi) is 6.39. The molecular weight excluding hydrogens is 372 g/mol. The molecule has 1 amide bonds. The van der Waals surface area contributed by atoms with Crippen molar-refractivity contribution in [3.05, 3.63) is 82.7 Å². The predicted octanol–water partition coefficient (Wildman–Crippen LogP) is 3.22. The summed E-state index contributed by atoms with van der Waals surface area (Å²) in [7, 11) is 0. The molecule has 0 radical (unpaired) electrons. The first-order valence-corrected chi connectivity index (χ1v) is 9.67. The topological polar surface area (TPSA) is 76.3 Å². The van der Waals surface area contributed by atoms with Crippen LogP contribution in [0.15, 0.2) is 81.8 Å². The van der Waals surface area contributed by atoms with Gasteiger partial charge in [-0.3, -0.25) is 14.2 Å². The number of carbonyl (C=O) groups excluding carboxylic acids is 1. The number of amides is 1. The van der Waals surface area contributed by atoms with Crippen LogP contribution in [0.2, 0.25) is 0 Å². The number of hydrogen-bond donors (Lipinski definition) is 1. The van der Waals surface area contributed by atoms with Crippen LogP contribution in [-0.4, -0.2) is 27.4 Å². The number of nitrogens with zero attached hydrogens (tertiary/aromatic N) is 3. The summed E-state index contributed by atoms with van der Waals surface area (Å²) in [5.41, 5.74) is 4.68. The number of para-hydroxylation sites is 1. The van der Waals surface area contributed by atoms with E-state index in [9.17, 15) is 9.59 Å². The van der Waals surface area contributed by atoms with E-state index in [-0.39, 0.29) is 17.2 Å². The average molecular weight is 392 g/mol. The molecule has 0 atom stereocenters. The molecule has 1 aromatic heterocycles. The quantitative estimate of drug-likeness (QED) is 0.220. The number of benzene rings is 2. The van der Waals surface area contributed by atoms with Crippen LogP contribution in [0.1, 0.15) is 12.5 Å². The molecule has 7 heteroatoms. The largest absolute Gasteiger partial charge is 0.283 e. The number of carbonyl (C=O) groups is 1. The monoisotopic (exact) mass is 392 g/mol. The first kappa shape index (κ1) is 19.6. The number of nitrogens with one attached hydrogen (secondary N) is 1. The fraction of sp³-hybridized carbons (Fsp3) is 0.143. The van der Waals surface area contributed by atoms with Crippen molar-refractivity contribution in [3.63, 3.8) is 0 Å². The van der Waals surface area contributed by atoms with E-state index >= 15 is 0 Å². The second-order valence-corrected chi connectivity index (χ2v) is 7.19. The van der Waals surface area contributed by atoms with Crippen LogP contribution >= 0.6 is 11.8 Å². The van der Waals surface area contributed by atoms with E-state index in [0.29, 0.717) is 22.6 Å². The van der Waals surface area contributed by atoms with E-state index in [4.69, 9.17) is 0 Å². The minimum absolute atomic E-state index is 0.0904. The lowest BCUT2D eigenvalue weighted by Gasteiger charge is -2.12. The van der Waals surface area contributed by atoms with Crippen LogP contribution in [0, 0.1) is 0 Å². The zero-order valence-electron chi connectivity index (χ0n) is 15.5. The molecule has 1 heterocycles. The highest BCUT2D eigenvalue weighted by molar-refractivity contribution is 7.99. The van der Waals surface area contributed by atoms with Gasteiger partial charge in [-0.2, -0.15) is 5.10 Å². The molecule has 0 saturated carbocycles. The number of hydrogen-bond acceptors (Lipinski definition) is 5. The molecule has 0 fully saturated rings. The number of aromatic nitrogens is 2. The van der Waals surface area contributed by atoms with Crippen molar-refractivity contribution in [2.75, 3.05) is 5.75 Å². The standard InChI is InChI=1S/C21H20N4O2S/c1-15(2)13-25-20(27)17-10-6-7-11-18(17)23-21(25)28-14-19(26)24-22-12-16-8-4-3-5-9-16/h3-12H,1,13-14H2,2H3,(H,24,26). The molecule has 2 aromatic carbocycles. The summed E-state index contributed by atoms with van der Waals surface area (Å²) in [5, 5.41) is 4.98. The summed E-state index contributed by atoms with van der Waals surface area (Å²) >= 11 is 1.20. The summed E-state index contributed by atoms with van der Waals surface area (Å²) in [4.78, 5) is 29.5. The third-order valence-corrected chi connectivity index (χ3v) is 4.77. The van der Waals surface area contributed by atoms with Gasteiger partial charge in [0.15, 0.2) is 5.16 Å². The highest BCUT2D eigenvalue weighted by Crippen LogP contribution is 2.18. The van der Waals surface area contributed by atoms with Gasteiger partial charge in [0.05, 0.1) is 22.9 Å². The molecule has 0 bridgehead atoms. The molecule has 0 unspecified atom stereocenters. The molecule has 142 valence electrons. The lowest BCUT2D eigenvalue weighted by atomic mass is 10.2. The molecule has 0 saturated heterocycles. The smallest absolute Gasteiger partial charge is 0.262 e. The first-order valence-electron chi connectivity index (χ1n) is 8.68. The number of thioether (sulfide) groups is 1. The second-order valence-electron chi connectivity index (χ2n) is 6.25. The number of fused-ring (bicyclic) bond motifs is 1. The van der Waals surface area contributed by atoms with Crippen molar-refractivity contribution in [3.8, 4) is 0 Å². The van der Waals surface area contributed by atoms with Crippen molar-refractivity contribution < 1.29 is 4.79 Å². The Labute approximate surface area is 167 Å². The van der Waals surface area contributed by atoms with E-state index in [0.717, 1.165) is 11.1 Å². The zero-order valence-corrected chi connectivity index (χ0v) is 16.3. The van der Waals surface area contributed by atoms with Gasteiger partial charge in [0.1, 0.15) is 0 Å². The van der Waals surface area contributed by atoms with Gasteiger partial charge in [0, 0.05) is 6.54 Å². The SMILES string of the molecule is C=C(C)Cn1c(SCC(=O)NN=Cc2ccccc2)nc2ccccc2c1=O. The third-order valence-electron chi connectivity index (χ3n) is 3.79. The molecule has 1 N–H and O–H groups in total. The Hall–Kier alpha value is -3.19. The number of allylic oxidation sites excluding steroid dienone is 1. The van der Waals surface area contributed by atoms with Gasteiger partial charge < -0.3 is 0 Å². The van der Waals surface area contributed by atoms with Gasteiger partial charge >= 0.3 is 0 Å². The highest BCUT2D eigenvalue weighted by atomic mass is 32.2. The minimum atomic E-state index is -0.276. The van der Waals surface area contributed by atoms with Crippen molar-refractivity contribution in [2.24, 2.45) is 5.10 Å². The van der Waals surface area contributed by atoms with Crippen LogP contribution in [0.25, 0.3) is 10.9 Å². The molecule has 0 aliphatic carbocycles. The molecule has 28 heavy (non-hydrogen) atoms.